The Morgan fingerprint density at radius 3 is 2.42 bits per heavy atom. The number of nitrogens with one attached hydrogen (secondary N) is 2. The van der Waals surface area contributed by atoms with Crippen molar-refractivity contribution in [3.63, 3.8) is 0 Å². The second-order valence-electron chi connectivity index (χ2n) is 7.23. The van der Waals surface area contributed by atoms with E-state index in [1.54, 1.807) is 0 Å². The van der Waals surface area contributed by atoms with Crippen LogP contribution in [0.15, 0.2) is 60.8 Å². The van der Waals surface area contributed by atoms with Gasteiger partial charge in [-0.15, -0.1) is 5.10 Å². The highest BCUT2D eigenvalue weighted by atomic mass is 16.5. The lowest BCUT2D eigenvalue weighted by Crippen LogP contribution is -2.40. The topological polar surface area (TPSA) is 117 Å². The molecule has 8 heteroatoms. The van der Waals surface area contributed by atoms with Gasteiger partial charge in [-0.2, -0.15) is 0 Å². The molecule has 3 N–H and O–H groups in total. The fraction of sp³-hybridized carbons (Fsp3) is 0.304. The lowest BCUT2D eigenvalue weighted by molar-refractivity contribution is -0.144. The molecule has 0 unspecified atom stereocenters. The van der Waals surface area contributed by atoms with Gasteiger partial charge in [0, 0.05) is 12.6 Å². The number of carboxylic acid groups (broad SMARTS) is 1. The Morgan fingerprint density at radius 2 is 1.81 bits per heavy atom. The van der Waals surface area contributed by atoms with Crippen LogP contribution in [0, 0.1) is 5.92 Å². The summed E-state index contributed by atoms with van der Waals surface area (Å²) in [4.78, 5) is 24.2. The van der Waals surface area contributed by atoms with E-state index in [4.69, 9.17) is 4.74 Å². The molecule has 8 nitrogen and oxygen atoms in total. The molecule has 2 atom stereocenters. The molecule has 0 saturated carbocycles. The Bertz CT molecular complexity index is 959. The van der Waals surface area contributed by atoms with Crippen LogP contribution in [0.5, 0.6) is 0 Å². The van der Waals surface area contributed by atoms with Crippen LogP contribution in [0.2, 0.25) is 0 Å². The molecule has 0 fully saturated rings. The van der Waals surface area contributed by atoms with Crippen LogP contribution < -0.4 is 5.32 Å². The molecular formula is C23H26N4O4. The van der Waals surface area contributed by atoms with Crippen molar-refractivity contribution in [2.75, 3.05) is 13.2 Å². The van der Waals surface area contributed by atoms with Gasteiger partial charge in [-0.05, 0) is 36.5 Å². The third-order valence-corrected chi connectivity index (χ3v) is 4.97. The van der Waals surface area contributed by atoms with Crippen molar-refractivity contribution in [3.8, 4) is 11.1 Å². The van der Waals surface area contributed by atoms with Gasteiger partial charge in [0.1, 0.15) is 0 Å². The summed E-state index contributed by atoms with van der Waals surface area (Å²) in [6.07, 6.45) is 2.11. The Labute approximate surface area is 180 Å². The van der Waals surface area contributed by atoms with Crippen molar-refractivity contribution in [1.29, 1.82) is 0 Å². The average Bonchev–Trinajstić information content (AvgIpc) is 3.32. The highest BCUT2D eigenvalue weighted by Crippen LogP contribution is 2.21. The number of aromatic nitrogens is 3. The van der Waals surface area contributed by atoms with E-state index in [1.807, 2.05) is 61.5 Å². The first kappa shape index (κ1) is 22.2. The number of ether oxygens (including phenoxy) is 1. The molecule has 3 aromatic rings. The van der Waals surface area contributed by atoms with Crippen LogP contribution in [0.4, 0.5) is 0 Å². The van der Waals surface area contributed by atoms with Gasteiger partial charge >= 0.3 is 5.97 Å². The van der Waals surface area contributed by atoms with E-state index in [0.717, 1.165) is 16.7 Å². The van der Waals surface area contributed by atoms with Gasteiger partial charge in [0.15, 0.2) is 5.69 Å². The van der Waals surface area contributed by atoms with Gasteiger partial charge < -0.3 is 15.2 Å². The second kappa shape index (κ2) is 11.0. The zero-order valence-corrected chi connectivity index (χ0v) is 17.3. The molecule has 0 radical (unpaired) electrons. The SMILES string of the molecule is CCOC[C@H](C[C@@H](Cc1ccc(-c2ccccc2)cc1)NC(=O)c1c[nH]nn1)C(=O)O. The lowest BCUT2D eigenvalue weighted by Gasteiger charge is -2.22. The highest BCUT2D eigenvalue weighted by molar-refractivity contribution is 5.92. The highest BCUT2D eigenvalue weighted by Gasteiger charge is 2.25. The summed E-state index contributed by atoms with van der Waals surface area (Å²) in [5.41, 5.74) is 3.35. The van der Waals surface area contributed by atoms with E-state index < -0.39 is 23.8 Å². The molecule has 162 valence electrons. The van der Waals surface area contributed by atoms with Crippen molar-refractivity contribution in [3.05, 3.63) is 72.1 Å². The lowest BCUT2D eigenvalue weighted by atomic mass is 9.94. The minimum atomic E-state index is -0.950. The number of benzene rings is 2. The number of carbonyl (C=O) groups excluding carboxylic acids is 1. The number of rotatable bonds is 11. The first-order valence-corrected chi connectivity index (χ1v) is 10.2. The van der Waals surface area contributed by atoms with Crippen LogP contribution in [0.1, 0.15) is 29.4 Å². The van der Waals surface area contributed by atoms with Crippen molar-refractivity contribution >= 4 is 11.9 Å². The maximum Gasteiger partial charge on any atom is 0.308 e. The van der Waals surface area contributed by atoms with Gasteiger partial charge in [-0.3, -0.25) is 14.7 Å². The molecule has 0 spiro atoms. The number of amides is 1. The molecule has 0 aliphatic heterocycles. The first-order chi connectivity index (χ1) is 15.1. The molecular weight excluding hydrogens is 396 g/mol. The van der Waals surface area contributed by atoms with Crippen molar-refractivity contribution in [2.45, 2.75) is 25.8 Å². The summed E-state index contributed by atoms with van der Waals surface area (Å²) in [6, 6.07) is 17.7. The van der Waals surface area contributed by atoms with Crippen LogP contribution >= 0.6 is 0 Å². The standard InChI is InChI=1S/C23H26N4O4/c1-2-31-15-19(23(29)30)13-20(25-22(28)21-14-24-27-26-21)12-16-8-10-18(11-9-16)17-6-4-3-5-7-17/h3-11,14,19-20H,2,12-13,15H2,1H3,(H,25,28)(H,29,30)(H,24,26,27)/t19-,20+/m0/s1. The monoisotopic (exact) mass is 422 g/mol. The molecule has 2 aromatic carbocycles. The van der Waals surface area contributed by atoms with Crippen LogP contribution in [-0.4, -0.2) is 51.6 Å². The third-order valence-electron chi connectivity index (χ3n) is 4.97. The predicted octanol–water partition coefficient (Wildman–Crippen LogP) is 2.94. The summed E-state index contributed by atoms with van der Waals surface area (Å²) in [5, 5.41) is 22.3. The van der Waals surface area contributed by atoms with E-state index >= 15 is 0 Å². The van der Waals surface area contributed by atoms with E-state index in [1.165, 1.54) is 6.20 Å². The molecule has 0 saturated heterocycles. The van der Waals surface area contributed by atoms with Crippen LogP contribution in [0.25, 0.3) is 11.1 Å². The van der Waals surface area contributed by atoms with E-state index in [2.05, 4.69) is 20.7 Å². The van der Waals surface area contributed by atoms with Gasteiger partial charge in [-0.25, -0.2) is 0 Å². The molecule has 3 rings (SSSR count). The van der Waals surface area contributed by atoms with Gasteiger partial charge in [0.2, 0.25) is 0 Å². The molecule has 31 heavy (non-hydrogen) atoms. The summed E-state index contributed by atoms with van der Waals surface area (Å²) in [5.74, 6) is -2.08. The summed E-state index contributed by atoms with van der Waals surface area (Å²) >= 11 is 0. The summed E-state index contributed by atoms with van der Waals surface area (Å²) in [6.45, 7) is 2.34. The Kier molecular flexibility index (Phi) is 7.89. The van der Waals surface area contributed by atoms with E-state index in [9.17, 15) is 14.7 Å². The summed E-state index contributed by atoms with van der Waals surface area (Å²) in [7, 11) is 0. The fourth-order valence-electron chi connectivity index (χ4n) is 3.36. The maximum atomic E-state index is 12.5. The molecule has 0 aliphatic carbocycles. The number of aromatic amines is 1. The minimum Gasteiger partial charge on any atom is -0.481 e. The second-order valence-corrected chi connectivity index (χ2v) is 7.23. The van der Waals surface area contributed by atoms with Crippen molar-refractivity contribution in [2.24, 2.45) is 5.92 Å². The quantitative estimate of drug-likeness (QED) is 0.437. The van der Waals surface area contributed by atoms with Crippen molar-refractivity contribution < 1.29 is 19.4 Å². The number of carbonyl (C=O) groups is 2. The normalized spacial score (nSPS) is 12.8. The molecule has 1 aromatic heterocycles. The van der Waals surface area contributed by atoms with Crippen LogP contribution in [-0.2, 0) is 16.0 Å². The Balaban J connectivity index is 1.74. The summed E-state index contributed by atoms with van der Waals surface area (Å²) < 4.78 is 5.33. The minimum absolute atomic E-state index is 0.0924. The zero-order chi connectivity index (χ0) is 22.1. The van der Waals surface area contributed by atoms with Crippen LogP contribution in [0.3, 0.4) is 0 Å². The van der Waals surface area contributed by atoms with Gasteiger partial charge in [0.25, 0.3) is 5.91 Å². The Morgan fingerprint density at radius 1 is 1.10 bits per heavy atom. The third kappa shape index (κ3) is 6.48. The molecule has 1 heterocycles. The average molecular weight is 422 g/mol. The zero-order valence-electron chi connectivity index (χ0n) is 17.3. The molecule has 1 amide bonds. The first-order valence-electron chi connectivity index (χ1n) is 10.2. The Hall–Kier alpha value is -3.52. The number of nitrogens with zero attached hydrogens (tertiary/aromatic N) is 2. The van der Waals surface area contributed by atoms with E-state index in [0.29, 0.717) is 13.0 Å². The number of carboxylic acids is 1. The maximum absolute atomic E-state index is 12.5. The van der Waals surface area contributed by atoms with Gasteiger partial charge in [0.05, 0.1) is 18.7 Å². The smallest absolute Gasteiger partial charge is 0.308 e. The van der Waals surface area contributed by atoms with E-state index in [-0.39, 0.29) is 18.7 Å². The molecule has 0 bridgehead atoms. The number of aliphatic carboxylic acids is 1. The van der Waals surface area contributed by atoms with Gasteiger partial charge in [-0.1, -0.05) is 59.8 Å². The predicted molar refractivity (Wildman–Crippen MR) is 115 cm³/mol. The molecule has 0 aliphatic rings. The fourth-order valence-corrected chi connectivity index (χ4v) is 3.36. The van der Waals surface area contributed by atoms with Crippen molar-refractivity contribution in [1.82, 2.24) is 20.7 Å². The largest absolute Gasteiger partial charge is 0.481 e. The number of hydrogen-bond acceptors (Lipinski definition) is 5. The number of hydrogen-bond donors (Lipinski definition) is 3. The number of H-pyrrole nitrogens is 1.